The lowest BCUT2D eigenvalue weighted by molar-refractivity contribution is 0.120. The Labute approximate surface area is 155 Å². The van der Waals surface area contributed by atoms with Gasteiger partial charge in [0.2, 0.25) is 5.95 Å². The molecule has 2 heterocycles. The van der Waals surface area contributed by atoms with Crippen molar-refractivity contribution in [3.8, 4) is 0 Å². The monoisotopic (exact) mass is 356 g/mol. The summed E-state index contributed by atoms with van der Waals surface area (Å²) in [6, 6.07) is 6.37. The van der Waals surface area contributed by atoms with Crippen molar-refractivity contribution in [2.45, 2.75) is 39.7 Å². The van der Waals surface area contributed by atoms with Gasteiger partial charge in [-0.1, -0.05) is 0 Å². The van der Waals surface area contributed by atoms with E-state index in [1.807, 2.05) is 0 Å². The van der Waals surface area contributed by atoms with Crippen LogP contribution in [-0.4, -0.2) is 47.5 Å². The highest BCUT2D eigenvalue weighted by molar-refractivity contribution is 5.64. The van der Waals surface area contributed by atoms with Gasteiger partial charge in [0.25, 0.3) is 0 Å². The van der Waals surface area contributed by atoms with Crippen molar-refractivity contribution in [3.63, 3.8) is 0 Å². The molecule has 1 aromatic carbocycles. The van der Waals surface area contributed by atoms with Gasteiger partial charge in [-0.15, -0.1) is 5.10 Å². The van der Waals surface area contributed by atoms with Crippen molar-refractivity contribution in [2.75, 3.05) is 41.8 Å². The van der Waals surface area contributed by atoms with Crippen LogP contribution in [0.2, 0.25) is 0 Å². The summed E-state index contributed by atoms with van der Waals surface area (Å²) in [5.74, 6) is 1.19. The van der Waals surface area contributed by atoms with Crippen molar-refractivity contribution in [3.05, 3.63) is 30.0 Å². The molecule has 0 spiro atoms. The zero-order valence-electron chi connectivity index (χ0n) is 15.8. The van der Waals surface area contributed by atoms with Gasteiger partial charge in [0.1, 0.15) is 0 Å². The van der Waals surface area contributed by atoms with Gasteiger partial charge < -0.3 is 20.3 Å². The quantitative estimate of drug-likeness (QED) is 0.751. The van der Waals surface area contributed by atoms with E-state index in [4.69, 9.17) is 4.74 Å². The third kappa shape index (κ3) is 4.60. The van der Waals surface area contributed by atoms with Crippen molar-refractivity contribution in [1.29, 1.82) is 0 Å². The minimum Gasteiger partial charge on any atom is -0.376 e. The van der Waals surface area contributed by atoms with Crippen molar-refractivity contribution >= 4 is 23.1 Å². The lowest BCUT2D eigenvalue weighted by Crippen LogP contribution is -2.21. The number of hydrogen-bond acceptors (Lipinski definition) is 7. The first kappa shape index (κ1) is 18.4. The van der Waals surface area contributed by atoms with Crippen LogP contribution in [0.25, 0.3) is 0 Å². The molecular weight excluding hydrogens is 328 g/mol. The summed E-state index contributed by atoms with van der Waals surface area (Å²) in [5, 5.41) is 14.7. The first-order chi connectivity index (χ1) is 12.7. The molecule has 1 aromatic heterocycles. The molecule has 1 unspecified atom stereocenters. The Balaban J connectivity index is 1.65. The van der Waals surface area contributed by atoms with Crippen LogP contribution in [0.3, 0.4) is 0 Å². The van der Waals surface area contributed by atoms with Crippen LogP contribution in [0, 0.1) is 6.92 Å². The number of nitrogens with one attached hydrogen (secondary N) is 2. The van der Waals surface area contributed by atoms with E-state index in [1.54, 1.807) is 6.20 Å². The van der Waals surface area contributed by atoms with Crippen LogP contribution in [-0.2, 0) is 4.74 Å². The molecule has 0 aliphatic carbocycles. The Bertz CT molecular complexity index is 713. The molecular formula is C19H28N6O. The zero-order valence-corrected chi connectivity index (χ0v) is 15.8. The van der Waals surface area contributed by atoms with Gasteiger partial charge in [0.15, 0.2) is 5.82 Å². The number of rotatable bonds is 8. The van der Waals surface area contributed by atoms with E-state index < -0.39 is 0 Å². The molecule has 3 rings (SSSR count). The molecule has 0 saturated carbocycles. The maximum Gasteiger partial charge on any atom is 0.249 e. The van der Waals surface area contributed by atoms with E-state index in [-0.39, 0.29) is 6.10 Å². The van der Waals surface area contributed by atoms with Crippen LogP contribution in [0.1, 0.15) is 32.3 Å². The highest BCUT2D eigenvalue weighted by Gasteiger charge is 2.15. The van der Waals surface area contributed by atoms with Gasteiger partial charge >= 0.3 is 0 Å². The van der Waals surface area contributed by atoms with E-state index in [2.05, 4.69) is 69.7 Å². The van der Waals surface area contributed by atoms with Crippen LogP contribution >= 0.6 is 0 Å². The Morgan fingerprint density at radius 1 is 1.27 bits per heavy atom. The molecule has 1 aliphatic rings. The van der Waals surface area contributed by atoms with E-state index >= 15 is 0 Å². The maximum absolute atomic E-state index is 5.62. The van der Waals surface area contributed by atoms with Gasteiger partial charge in [-0.2, -0.15) is 10.1 Å². The van der Waals surface area contributed by atoms with Crippen LogP contribution in [0.4, 0.5) is 23.1 Å². The van der Waals surface area contributed by atoms with E-state index in [0.29, 0.717) is 11.8 Å². The molecule has 1 fully saturated rings. The Kier molecular flexibility index (Phi) is 6.22. The normalized spacial score (nSPS) is 16.5. The summed E-state index contributed by atoms with van der Waals surface area (Å²) in [6.07, 6.45) is 4.12. The molecule has 0 radical (unpaired) electrons. The Hall–Kier alpha value is -2.41. The number of anilines is 4. The summed E-state index contributed by atoms with van der Waals surface area (Å²) in [6.45, 7) is 10.0. The summed E-state index contributed by atoms with van der Waals surface area (Å²) in [7, 11) is 0. The number of aromatic nitrogens is 3. The molecule has 1 aliphatic heterocycles. The molecule has 0 bridgehead atoms. The largest absolute Gasteiger partial charge is 0.376 e. The van der Waals surface area contributed by atoms with E-state index in [0.717, 1.165) is 50.3 Å². The lowest BCUT2D eigenvalue weighted by atomic mass is 10.1. The van der Waals surface area contributed by atoms with Crippen LogP contribution < -0.4 is 15.5 Å². The summed E-state index contributed by atoms with van der Waals surface area (Å²) < 4.78 is 5.62. The third-order valence-electron chi connectivity index (χ3n) is 4.68. The molecule has 7 heteroatoms. The Morgan fingerprint density at radius 3 is 2.81 bits per heavy atom. The maximum atomic E-state index is 5.62. The van der Waals surface area contributed by atoms with Crippen molar-refractivity contribution in [1.82, 2.24) is 15.2 Å². The van der Waals surface area contributed by atoms with Gasteiger partial charge in [-0.05, 0) is 57.4 Å². The van der Waals surface area contributed by atoms with Crippen LogP contribution in [0.5, 0.6) is 0 Å². The number of aryl methyl sites for hydroxylation is 1. The van der Waals surface area contributed by atoms with Gasteiger partial charge in [0.05, 0.1) is 12.3 Å². The standard InChI is InChI=1S/C19H28N6O/c1-4-25(5-2)15-8-9-17(14(3)11-15)22-19-23-18(13-21-24-19)20-12-16-7-6-10-26-16/h8-9,11,13,16H,4-7,10,12H2,1-3H3,(H2,20,22,23,24). The fourth-order valence-corrected chi connectivity index (χ4v) is 3.16. The average Bonchev–Trinajstić information content (AvgIpc) is 3.17. The van der Waals surface area contributed by atoms with Gasteiger partial charge in [0, 0.05) is 37.6 Å². The highest BCUT2D eigenvalue weighted by atomic mass is 16.5. The smallest absolute Gasteiger partial charge is 0.249 e. The molecule has 140 valence electrons. The minimum atomic E-state index is 0.260. The summed E-state index contributed by atoms with van der Waals surface area (Å²) >= 11 is 0. The first-order valence-corrected chi connectivity index (χ1v) is 9.37. The van der Waals surface area contributed by atoms with E-state index in [1.165, 1.54) is 5.69 Å². The second-order valence-electron chi connectivity index (χ2n) is 6.48. The number of ether oxygens (including phenoxy) is 1. The predicted molar refractivity (Wildman–Crippen MR) is 105 cm³/mol. The first-order valence-electron chi connectivity index (χ1n) is 9.37. The Morgan fingerprint density at radius 2 is 2.12 bits per heavy atom. The molecule has 1 atom stereocenters. The molecule has 1 saturated heterocycles. The lowest BCUT2D eigenvalue weighted by Gasteiger charge is -2.22. The SMILES string of the molecule is CCN(CC)c1ccc(Nc2nncc(NCC3CCCO3)n2)c(C)c1. The predicted octanol–water partition coefficient (Wildman–Crippen LogP) is 3.36. The number of hydrogen-bond donors (Lipinski definition) is 2. The molecule has 7 nitrogen and oxygen atoms in total. The average molecular weight is 356 g/mol. The van der Waals surface area contributed by atoms with E-state index in [9.17, 15) is 0 Å². The minimum absolute atomic E-state index is 0.260. The molecule has 2 aromatic rings. The summed E-state index contributed by atoms with van der Waals surface area (Å²) in [4.78, 5) is 6.82. The number of benzene rings is 1. The topological polar surface area (TPSA) is 75.2 Å². The van der Waals surface area contributed by atoms with Crippen molar-refractivity contribution in [2.24, 2.45) is 0 Å². The highest BCUT2D eigenvalue weighted by Crippen LogP contribution is 2.24. The molecule has 2 N–H and O–H groups in total. The second-order valence-corrected chi connectivity index (χ2v) is 6.48. The molecule has 0 amide bonds. The fourth-order valence-electron chi connectivity index (χ4n) is 3.16. The summed E-state index contributed by atoms with van der Waals surface area (Å²) in [5.41, 5.74) is 3.36. The fraction of sp³-hybridized carbons (Fsp3) is 0.526. The van der Waals surface area contributed by atoms with Crippen LogP contribution in [0.15, 0.2) is 24.4 Å². The third-order valence-corrected chi connectivity index (χ3v) is 4.68. The van der Waals surface area contributed by atoms with Gasteiger partial charge in [-0.25, -0.2) is 0 Å². The number of nitrogens with zero attached hydrogens (tertiary/aromatic N) is 4. The van der Waals surface area contributed by atoms with Gasteiger partial charge in [-0.3, -0.25) is 0 Å². The molecule has 26 heavy (non-hydrogen) atoms. The second kappa shape index (κ2) is 8.80. The van der Waals surface area contributed by atoms with Crippen molar-refractivity contribution < 1.29 is 4.74 Å². The zero-order chi connectivity index (χ0) is 18.4.